The van der Waals surface area contributed by atoms with Crippen molar-refractivity contribution in [1.29, 1.82) is 0 Å². The number of aromatic nitrogens is 2. The summed E-state index contributed by atoms with van der Waals surface area (Å²) in [6.07, 6.45) is 9.43. The van der Waals surface area contributed by atoms with Gasteiger partial charge in [0.15, 0.2) is 14.6 Å². The van der Waals surface area contributed by atoms with Gasteiger partial charge < -0.3 is 4.90 Å². The molecule has 1 atom stereocenters. The number of likely N-dealkylation sites (tertiary alicyclic amines) is 1. The molecular weight excluding hydrogens is 314 g/mol. The van der Waals surface area contributed by atoms with Crippen molar-refractivity contribution in [3.63, 3.8) is 0 Å². The van der Waals surface area contributed by atoms with Gasteiger partial charge in [-0.15, -0.1) is 0 Å². The van der Waals surface area contributed by atoms with Crippen LogP contribution in [0.25, 0.3) is 0 Å². The molecule has 23 heavy (non-hydrogen) atoms. The molecule has 1 saturated heterocycles. The van der Waals surface area contributed by atoms with Crippen LogP contribution >= 0.6 is 0 Å². The van der Waals surface area contributed by atoms with Gasteiger partial charge in [-0.3, -0.25) is 9.48 Å². The molecule has 7 heteroatoms. The average Bonchev–Trinajstić information content (AvgIpc) is 3.15. The number of amides is 1. The minimum absolute atomic E-state index is 0.138. The van der Waals surface area contributed by atoms with E-state index in [-0.39, 0.29) is 11.9 Å². The Bertz CT molecular complexity index is 689. The van der Waals surface area contributed by atoms with E-state index in [9.17, 15) is 13.2 Å². The van der Waals surface area contributed by atoms with Gasteiger partial charge in [-0.25, -0.2) is 8.42 Å². The van der Waals surface area contributed by atoms with E-state index in [0.717, 1.165) is 31.2 Å². The molecule has 2 aliphatic rings. The summed E-state index contributed by atoms with van der Waals surface area (Å²) in [6, 6.07) is 0.138. The largest absolute Gasteiger partial charge is 0.339 e. The highest BCUT2D eigenvalue weighted by Crippen LogP contribution is 2.39. The summed E-state index contributed by atoms with van der Waals surface area (Å²) in [6.45, 7) is 3.19. The Kier molecular flexibility index (Phi) is 4.25. The highest BCUT2D eigenvalue weighted by atomic mass is 32.2. The van der Waals surface area contributed by atoms with Gasteiger partial charge in [0.1, 0.15) is 0 Å². The molecule has 0 N–H and O–H groups in total. The molecule has 6 nitrogen and oxygen atoms in total. The van der Waals surface area contributed by atoms with E-state index >= 15 is 0 Å². The van der Waals surface area contributed by atoms with Crippen LogP contribution in [0.5, 0.6) is 0 Å². The maximum Gasteiger partial charge on any atom is 0.244 e. The van der Waals surface area contributed by atoms with Crippen molar-refractivity contribution in [2.45, 2.75) is 56.2 Å². The normalized spacial score (nSPS) is 24.8. The molecule has 1 amide bonds. The van der Waals surface area contributed by atoms with Crippen molar-refractivity contribution in [1.82, 2.24) is 14.7 Å². The number of piperidine rings is 1. The fourth-order valence-corrected chi connectivity index (χ4v) is 5.44. The molecule has 128 valence electrons. The van der Waals surface area contributed by atoms with Crippen molar-refractivity contribution in [3.05, 3.63) is 18.0 Å². The maximum absolute atomic E-state index is 13.1. The van der Waals surface area contributed by atoms with E-state index in [1.165, 1.54) is 6.26 Å². The first-order chi connectivity index (χ1) is 10.8. The number of aryl methyl sites for hydroxylation is 1. The zero-order valence-corrected chi connectivity index (χ0v) is 14.7. The van der Waals surface area contributed by atoms with Crippen molar-refractivity contribution >= 4 is 15.7 Å². The number of carbonyl (C=O) groups is 1. The van der Waals surface area contributed by atoms with Gasteiger partial charge >= 0.3 is 0 Å². The van der Waals surface area contributed by atoms with Crippen molar-refractivity contribution in [2.24, 2.45) is 0 Å². The van der Waals surface area contributed by atoms with Gasteiger partial charge in [0.2, 0.25) is 5.91 Å². The minimum Gasteiger partial charge on any atom is -0.339 e. The van der Waals surface area contributed by atoms with E-state index < -0.39 is 14.6 Å². The van der Waals surface area contributed by atoms with Gasteiger partial charge in [-0.1, -0.05) is 12.8 Å². The molecular formula is C16H25N3O3S. The summed E-state index contributed by atoms with van der Waals surface area (Å²) in [4.78, 5) is 14.8. The molecule has 0 unspecified atom stereocenters. The first kappa shape index (κ1) is 16.5. The van der Waals surface area contributed by atoms with Gasteiger partial charge in [0.05, 0.1) is 12.2 Å². The predicted molar refractivity (Wildman–Crippen MR) is 87.9 cm³/mol. The molecule has 3 rings (SSSR count). The third-order valence-electron chi connectivity index (χ3n) is 5.30. The summed E-state index contributed by atoms with van der Waals surface area (Å²) in [5, 5.41) is 4.36. The molecule has 2 fully saturated rings. The Hall–Kier alpha value is -1.37. The standard InChI is InChI=1S/C16H25N3O3S/c1-13-10-17-19(11-13)14-6-5-9-18(12-14)15(20)16(23(2,21)22)7-3-4-8-16/h10-11,14H,3-9,12H2,1-2H3/t14-/m1/s1. The third kappa shape index (κ3) is 2.91. The van der Waals surface area contributed by atoms with Crippen LogP contribution in [0.3, 0.4) is 0 Å². The Morgan fingerprint density at radius 2 is 2.00 bits per heavy atom. The lowest BCUT2D eigenvalue weighted by Crippen LogP contribution is -2.54. The number of hydrogen-bond donors (Lipinski definition) is 0. The number of carbonyl (C=O) groups excluding carboxylic acids is 1. The molecule has 1 aliphatic carbocycles. The maximum atomic E-state index is 13.1. The summed E-state index contributed by atoms with van der Waals surface area (Å²) < 4.78 is 25.4. The number of rotatable bonds is 3. The van der Waals surface area contributed by atoms with E-state index in [1.807, 2.05) is 24.0 Å². The average molecular weight is 339 g/mol. The second-order valence-electron chi connectivity index (χ2n) is 7.02. The lowest BCUT2D eigenvalue weighted by Gasteiger charge is -2.38. The van der Waals surface area contributed by atoms with Crippen molar-refractivity contribution in [2.75, 3.05) is 19.3 Å². The molecule has 2 heterocycles. The monoisotopic (exact) mass is 339 g/mol. The van der Waals surface area contributed by atoms with Crippen LogP contribution in [0.2, 0.25) is 0 Å². The minimum atomic E-state index is -3.40. The van der Waals surface area contributed by atoms with Crippen LogP contribution < -0.4 is 0 Å². The highest BCUT2D eigenvalue weighted by Gasteiger charge is 2.52. The topological polar surface area (TPSA) is 72.3 Å². The van der Waals surface area contributed by atoms with Crippen LogP contribution in [0.15, 0.2) is 12.4 Å². The number of hydrogen-bond acceptors (Lipinski definition) is 4. The zero-order valence-electron chi connectivity index (χ0n) is 13.9. The third-order valence-corrected chi connectivity index (χ3v) is 7.30. The SMILES string of the molecule is Cc1cnn([C@@H]2CCCN(C(=O)C3(S(C)(=O)=O)CCCC3)C2)c1. The second kappa shape index (κ2) is 5.92. The van der Waals surface area contributed by atoms with Crippen LogP contribution in [0, 0.1) is 6.92 Å². The smallest absolute Gasteiger partial charge is 0.244 e. The molecule has 0 bridgehead atoms. The van der Waals surface area contributed by atoms with E-state index in [0.29, 0.717) is 25.9 Å². The molecule has 0 spiro atoms. The number of sulfone groups is 1. The van der Waals surface area contributed by atoms with Crippen LogP contribution in [-0.4, -0.2) is 53.1 Å². The Morgan fingerprint density at radius 1 is 1.30 bits per heavy atom. The zero-order chi connectivity index (χ0) is 16.7. The van der Waals surface area contributed by atoms with Gasteiger partial charge in [0.25, 0.3) is 0 Å². The summed E-state index contributed by atoms with van der Waals surface area (Å²) in [5.41, 5.74) is 1.09. The fourth-order valence-electron chi connectivity index (χ4n) is 3.97. The fraction of sp³-hybridized carbons (Fsp3) is 0.750. The van der Waals surface area contributed by atoms with E-state index in [1.54, 1.807) is 4.90 Å². The summed E-state index contributed by atoms with van der Waals surface area (Å²) >= 11 is 0. The van der Waals surface area contributed by atoms with Gasteiger partial charge in [-0.2, -0.15) is 5.10 Å². The number of nitrogens with zero attached hydrogens (tertiary/aromatic N) is 3. The first-order valence-corrected chi connectivity index (χ1v) is 10.2. The van der Waals surface area contributed by atoms with Crippen molar-refractivity contribution in [3.8, 4) is 0 Å². The molecule has 1 aromatic rings. The lowest BCUT2D eigenvalue weighted by molar-refractivity contribution is -0.135. The Labute approximate surface area is 137 Å². The quantitative estimate of drug-likeness (QED) is 0.840. The first-order valence-electron chi connectivity index (χ1n) is 8.33. The van der Waals surface area contributed by atoms with Crippen molar-refractivity contribution < 1.29 is 13.2 Å². The molecule has 1 aromatic heterocycles. The van der Waals surface area contributed by atoms with Crippen LogP contribution in [0.1, 0.15) is 50.1 Å². The second-order valence-corrected chi connectivity index (χ2v) is 9.34. The van der Waals surface area contributed by atoms with E-state index in [4.69, 9.17) is 0 Å². The summed E-state index contributed by atoms with van der Waals surface area (Å²) in [5.74, 6) is -0.189. The molecule has 1 aliphatic heterocycles. The van der Waals surface area contributed by atoms with Crippen LogP contribution in [0.4, 0.5) is 0 Å². The predicted octanol–water partition coefficient (Wildman–Crippen LogP) is 1.71. The molecule has 1 saturated carbocycles. The van der Waals surface area contributed by atoms with Crippen LogP contribution in [-0.2, 0) is 14.6 Å². The summed E-state index contributed by atoms with van der Waals surface area (Å²) in [7, 11) is -3.40. The lowest BCUT2D eigenvalue weighted by atomic mass is 10.0. The van der Waals surface area contributed by atoms with E-state index in [2.05, 4.69) is 5.10 Å². The van der Waals surface area contributed by atoms with Gasteiger partial charge in [-0.05, 0) is 38.2 Å². The molecule has 0 aromatic carbocycles. The Balaban J connectivity index is 1.81. The Morgan fingerprint density at radius 3 is 2.57 bits per heavy atom. The van der Waals surface area contributed by atoms with Gasteiger partial charge in [0, 0.05) is 25.5 Å². The molecule has 0 radical (unpaired) electrons. The highest BCUT2D eigenvalue weighted by molar-refractivity contribution is 7.92.